The molecule has 28 heavy (non-hydrogen) atoms. The van der Waals surface area contributed by atoms with Crippen LogP contribution in [-0.2, 0) is 9.59 Å². The Kier molecular flexibility index (Phi) is 5.02. The van der Waals surface area contributed by atoms with Crippen molar-refractivity contribution in [3.05, 3.63) is 17.6 Å². The molecular weight excluding hydrogens is 374 g/mol. The number of fused-ring (bicyclic) bond motifs is 1. The highest BCUT2D eigenvalue weighted by Crippen LogP contribution is 2.47. The minimum atomic E-state index is -0.301. The first kappa shape index (κ1) is 19.5. The van der Waals surface area contributed by atoms with Crippen molar-refractivity contribution in [2.24, 2.45) is 0 Å². The molecule has 1 aromatic rings. The first-order valence-electron chi connectivity index (χ1n) is 10.1. The summed E-state index contributed by atoms with van der Waals surface area (Å²) in [7, 11) is 0. The fourth-order valence-electron chi connectivity index (χ4n) is 4.36. The number of piperazine rings is 1. The quantitative estimate of drug-likeness (QED) is 0.769. The van der Waals surface area contributed by atoms with E-state index in [4.69, 9.17) is 4.98 Å². The molecule has 2 amide bonds. The highest BCUT2D eigenvalue weighted by Gasteiger charge is 2.53. The van der Waals surface area contributed by atoms with E-state index >= 15 is 0 Å². The maximum Gasteiger partial charge on any atom is 0.246 e. The molecule has 0 unspecified atom stereocenters. The molecule has 152 valence electrons. The van der Waals surface area contributed by atoms with Crippen LogP contribution in [0.3, 0.4) is 0 Å². The van der Waals surface area contributed by atoms with Crippen LogP contribution in [0.2, 0.25) is 0 Å². The fourth-order valence-corrected chi connectivity index (χ4v) is 5.79. The number of carbonyl (C=O) groups is 2. The Balaban J connectivity index is 1.42. The van der Waals surface area contributed by atoms with Crippen molar-refractivity contribution in [1.29, 1.82) is 0 Å². The third kappa shape index (κ3) is 3.36. The third-order valence-electron chi connectivity index (χ3n) is 6.02. The Morgan fingerprint density at radius 3 is 2.64 bits per heavy atom. The molecule has 2 atom stereocenters. The number of nitrogens with zero attached hydrogens (tertiary/aromatic N) is 5. The second kappa shape index (κ2) is 7.21. The zero-order valence-corrected chi connectivity index (χ0v) is 18.0. The van der Waals surface area contributed by atoms with Crippen LogP contribution >= 0.6 is 11.8 Å². The largest absolute Gasteiger partial charge is 0.353 e. The summed E-state index contributed by atoms with van der Waals surface area (Å²) in [4.78, 5) is 40.6. The van der Waals surface area contributed by atoms with Crippen LogP contribution in [-0.4, -0.2) is 74.4 Å². The van der Waals surface area contributed by atoms with Crippen LogP contribution in [0.1, 0.15) is 51.0 Å². The number of aryl methyl sites for hydroxylation is 1. The molecule has 4 heterocycles. The first-order chi connectivity index (χ1) is 13.3. The van der Waals surface area contributed by atoms with E-state index in [0.717, 1.165) is 36.8 Å². The average molecular weight is 404 g/mol. The van der Waals surface area contributed by atoms with Gasteiger partial charge in [0.1, 0.15) is 17.7 Å². The van der Waals surface area contributed by atoms with E-state index in [1.54, 1.807) is 11.8 Å². The van der Waals surface area contributed by atoms with E-state index in [1.807, 2.05) is 22.8 Å². The van der Waals surface area contributed by atoms with Gasteiger partial charge < -0.3 is 14.7 Å². The topological polar surface area (TPSA) is 69.6 Å². The van der Waals surface area contributed by atoms with Crippen LogP contribution in [0.25, 0.3) is 0 Å². The van der Waals surface area contributed by atoms with Crippen molar-refractivity contribution in [2.45, 2.75) is 57.4 Å². The summed E-state index contributed by atoms with van der Waals surface area (Å²) in [5.74, 6) is 3.04. The number of anilines is 1. The molecule has 3 aliphatic rings. The van der Waals surface area contributed by atoms with Gasteiger partial charge in [0, 0.05) is 56.0 Å². The van der Waals surface area contributed by atoms with Gasteiger partial charge in [0.05, 0.1) is 4.87 Å². The number of rotatable bonds is 3. The Bertz CT molecular complexity index is 793. The van der Waals surface area contributed by atoms with Crippen molar-refractivity contribution in [3.8, 4) is 0 Å². The molecule has 7 nitrogen and oxygen atoms in total. The molecule has 0 N–H and O–H groups in total. The molecule has 8 heteroatoms. The predicted octanol–water partition coefficient (Wildman–Crippen LogP) is 2.01. The lowest BCUT2D eigenvalue weighted by molar-refractivity contribution is -0.143. The van der Waals surface area contributed by atoms with E-state index in [1.165, 1.54) is 0 Å². The molecule has 3 fully saturated rings. The van der Waals surface area contributed by atoms with Crippen molar-refractivity contribution in [2.75, 3.05) is 36.8 Å². The molecular formula is C20H29N5O2S. The molecule has 0 bridgehead atoms. The smallest absolute Gasteiger partial charge is 0.246 e. The average Bonchev–Trinajstić information content (AvgIpc) is 3.17. The molecule has 4 rings (SSSR count). The second-order valence-corrected chi connectivity index (χ2v) is 9.96. The number of amides is 2. The summed E-state index contributed by atoms with van der Waals surface area (Å²) in [6.07, 6.45) is 1.41. The molecule has 0 aliphatic carbocycles. The van der Waals surface area contributed by atoms with Crippen molar-refractivity contribution < 1.29 is 9.59 Å². The first-order valence-corrected chi connectivity index (χ1v) is 11.1. The molecule has 3 saturated heterocycles. The summed E-state index contributed by atoms with van der Waals surface area (Å²) in [6, 6.07) is 1.72. The molecule has 1 aromatic heterocycles. The van der Waals surface area contributed by atoms with Crippen LogP contribution in [0.15, 0.2) is 6.07 Å². The van der Waals surface area contributed by atoms with Crippen LogP contribution < -0.4 is 4.90 Å². The number of carbonyl (C=O) groups excluding carboxylic acids is 2. The van der Waals surface area contributed by atoms with Gasteiger partial charge in [-0.25, -0.2) is 9.97 Å². The van der Waals surface area contributed by atoms with Crippen LogP contribution in [0, 0.1) is 6.92 Å². The third-order valence-corrected chi connectivity index (χ3v) is 7.52. The van der Waals surface area contributed by atoms with Gasteiger partial charge in [0.2, 0.25) is 11.8 Å². The highest BCUT2D eigenvalue weighted by molar-refractivity contribution is 8.01. The van der Waals surface area contributed by atoms with E-state index < -0.39 is 0 Å². The van der Waals surface area contributed by atoms with E-state index in [-0.39, 0.29) is 28.6 Å². The number of aromatic nitrogens is 2. The number of hydrogen-bond donors (Lipinski definition) is 0. The Hall–Kier alpha value is -1.83. The summed E-state index contributed by atoms with van der Waals surface area (Å²) in [5, 5.41) is 0. The second-order valence-electron chi connectivity index (χ2n) is 8.46. The minimum absolute atomic E-state index is 0.105. The summed E-state index contributed by atoms with van der Waals surface area (Å²) < 4.78 is 0. The standard InChI is InChI=1S/C20H29N5O2S/c1-13(2)18-21-14(3)11-16(22-18)23-7-9-24(10-8-23)19(27)15-12-28-20(4)6-5-17(26)25(15)20/h11,13,15H,5-10,12H2,1-4H3/t15-,20+/m1/s1. The highest BCUT2D eigenvalue weighted by atomic mass is 32.2. The minimum Gasteiger partial charge on any atom is -0.353 e. The van der Waals surface area contributed by atoms with Gasteiger partial charge in [0.25, 0.3) is 0 Å². The summed E-state index contributed by atoms with van der Waals surface area (Å²) in [5.41, 5.74) is 0.974. The predicted molar refractivity (Wildman–Crippen MR) is 110 cm³/mol. The summed E-state index contributed by atoms with van der Waals surface area (Å²) in [6.45, 7) is 11.1. The van der Waals surface area contributed by atoms with Gasteiger partial charge in [0.15, 0.2) is 0 Å². The maximum atomic E-state index is 13.1. The van der Waals surface area contributed by atoms with Crippen LogP contribution in [0.5, 0.6) is 0 Å². The van der Waals surface area contributed by atoms with E-state index in [9.17, 15) is 9.59 Å². The SMILES string of the molecule is Cc1cc(N2CCN(C(=O)[C@H]3CS[C@@]4(C)CCC(=O)N34)CC2)nc(C(C)C)n1. The van der Waals surface area contributed by atoms with Gasteiger partial charge in [-0.05, 0) is 20.3 Å². The van der Waals surface area contributed by atoms with Gasteiger partial charge in [-0.1, -0.05) is 13.8 Å². The van der Waals surface area contributed by atoms with Crippen molar-refractivity contribution in [1.82, 2.24) is 19.8 Å². The molecule has 0 aromatic carbocycles. The summed E-state index contributed by atoms with van der Waals surface area (Å²) >= 11 is 1.75. The van der Waals surface area contributed by atoms with Gasteiger partial charge in [-0.2, -0.15) is 0 Å². The Labute approximate surface area is 170 Å². The normalized spacial score (nSPS) is 27.7. The number of hydrogen-bond acceptors (Lipinski definition) is 6. The molecule has 0 spiro atoms. The Morgan fingerprint density at radius 1 is 1.25 bits per heavy atom. The van der Waals surface area contributed by atoms with Crippen LogP contribution in [0.4, 0.5) is 5.82 Å². The molecule has 0 saturated carbocycles. The van der Waals surface area contributed by atoms with Crippen molar-refractivity contribution >= 4 is 29.4 Å². The Morgan fingerprint density at radius 2 is 1.96 bits per heavy atom. The lowest BCUT2D eigenvalue weighted by Crippen LogP contribution is -2.56. The molecule has 0 radical (unpaired) electrons. The van der Waals surface area contributed by atoms with Gasteiger partial charge >= 0.3 is 0 Å². The lowest BCUT2D eigenvalue weighted by Gasteiger charge is -2.38. The zero-order chi connectivity index (χ0) is 20.1. The van der Waals surface area contributed by atoms with E-state index in [0.29, 0.717) is 25.3 Å². The monoisotopic (exact) mass is 403 g/mol. The van der Waals surface area contributed by atoms with Gasteiger partial charge in [-0.15, -0.1) is 11.8 Å². The zero-order valence-electron chi connectivity index (χ0n) is 17.1. The fraction of sp³-hybridized carbons (Fsp3) is 0.700. The molecule has 3 aliphatic heterocycles. The van der Waals surface area contributed by atoms with Gasteiger partial charge in [-0.3, -0.25) is 9.59 Å². The maximum absolute atomic E-state index is 13.1. The van der Waals surface area contributed by atoms with Crippen molar-refractivity contribution in [3.63, 3.8) is 0 Å². The lowest BCUT2D eigenvalue weighted by atomic mass is 10.2. The number of thioether (sulfide) groups is 1. The van der Waals surface area contributed by atoms with E-state index in [2.05, 4.69) is 30.7 Å².